The minimum atomic E-state index is -0.663. The molecular weight excluding hydrogens is 182 g/mol. The third-order valence-corrected chi connectivity index (χ3v) is 1.58. The molecule has 0 aromatic heterocycles. The van der Waals surface area contributed by atoms with Crippen LogP contribution in [0, 0.1) is 11.6 Å². The molecule has 0 unspecified atom stereocenters. The molecule has 1 nitrogen and oxygen atoms in total. The maximum atomic E-state index is 12.8. The van der Waals surface area contributed by atoms with Crippen LogP contribution in [0.2, 0.25) is 0 Å². The monoisotopic (exact) mass is 190 g/mol. The Labute approximate surface area is 73.7 Å². The van der Waals surface area contributed by atoms with Crippen LogP contribution in [-0.2, 0) is 0 Å². The molecule has 0 atom stereocenters. The largest absolute Gasteiger partial charge is 0.480 e. The summed E-state index contributed by atoms with van der Waals surface area (Å²) in [6, 6.07) is 3.25. The molecule has 0 aliphatic heterocycles. The number of rotatable bonds is 3. The molecule has 0 saturated carbocycles. The first kappa shape index (κ1) is 9.32. The van der Waals surface area contributed by atoms with E-state index in [-0.39, 0.29) is 5.75 Å². The van der Waals surface area contributed by atoms with Crippen LogP contribution in [0.5, 0.6) is 5.75 Å². The topological polar surface area (TPSA) is 9.23 Å². The molecule has 0 heterocycles. The Hall–Kier alpha value is -0.770. The van der Waals surface area contributed by atoms with Crippen molar-refractivity contribution in [3.05, 3.63) is 29.8 Å². The third kappa shape index (κ3) is 2.37. The highest BCUT2D eigenvalue weighted by Gasteiger charge is 2.03. The highest BCUT2D eigenvalue weighted by Crippen LogP contribution is 2.18. The van der Waals surface area contributed by atoms with E-state index in [4.69, 9.17) is 4.74 Å². The summed E-state index contributed by atoms with van der Waals surface area (Å²) in [5.74, 6) is -0.804. The lowest BCUT2D eigenvalue weighted by Crippen LogP contribution is -1.94. The summed E-state index contributed by atoms with van der Waals surface area (Å²) in [5.41, 5.74) is 0. The molecular formula is C8H8F2OS. The lowest BCUT2D eigenvalue weighted by Gasteiger charge is -2.04. The smallest absolute Gasteiger partial charge is 0.168 e. The standard InChI is InChI=1S/C8H8F2OS/c1-12-5-11-8-3-2-6(9)4-7(8)10/h2-4H,5H2,1H3. The highest BCUT2D eigenvalue weighted by molar-refractivity contribution is 7.98. The first-order valence-corrected chi connectivity index (χ1v) is 4.70. The van der Waals surface area contributed by atoms with Gasteiger partial charge in [-0.2, -0.15) is 0 Å². The Kier molecular flexibility index (Phi) is 3.34. The maximum Gasteiger partial charge on any atom is 0.168 e. The van der Waals surface area contributed by atoms with E-state index in [9.17, 15) is 8.78 Å². The predicted octanol–water partition coefficient (Wildman–Crippen LogP) is 2.66. The summed E-state index contributed by atoms with van der Waals surface area (Å²) in [6.07, 6.45) is 1.83. The van der Waals surface area contributed by atoms with Crippen LogP contribution in [-0.4, -0.2) is 12.2 Å². The number of hydrogen-bond donors (Lipinski definition) is 0. The second kappa shape index (κ2) is 4.30. The maximum absolute atomic E-state index is 12.8. The normalized spacial score (nSPS) is 9.92. The molecule has 0 N–H and O–H groups in total. The van der Waals surface area contributed by atoms with Crippen LogP contribution >= 0.6 is 11.8 Å². The van der Waals surface area contributed by atoms with Gasteiger partial charge in [0.25, 0.3) is 0 Å². The van der Waals surface area contributed by atoms with Gasteiger partial charge in [0.15, 0.2) is 11.6 Å². The summed E-state index contributed by atoms with van der Waals surface area (Å²) in [6.45, 7) is 0. The van der Waals surface area contributed by atoms with Crippen LogP contribution in [0.4, 0.5) is 8.78 Å². The van der Waals surface area contributed by atoms with Gasteiger partial charge < -0.3 is 4.74 Å². The molecule has 0 radical (unpaired) electrons. The lowest BCUT2D eigenvalue weighted by atomic mass is 10.3. The van der Waals surface area contributed by atoms with Crippen LogP contribution < -0.4 is 4.74 Å². The van der Waals surface area contributed by atoms with Crippen LogP contribution in [0.3, 0.4) is 0 Å². The van der Waals surface area contributed by atoms with E-state index < -0.39 is 11.6 Å². The number of benzene rings is 1. The first-order valence-electron chi connectivity index (χ1n) is 3.31. The van der Waals surface area contributed by atoms with Gasteiger partial charge in [-0.25, -0.2) is 8.78 Å². The molecule has 1 rings (SSSR count). The van der Waals surface area contributed by atoms with Crippen molar-refractivity contribution in [1.82, 2.24) is 0 Å². The van der Waals surface area contributed by atoms with Gasteiger partial charge in [-0.05, 0) is 18.4 Å². The van der Waals surface area contributed by atoms with Crippen molar-refractivity contribution in [3.63, 3.8) is 0 Å². The van der Waals surface area contributed by atoms with Crippen LogP contribution in [0.15, 0.2) is 18.2 Å². The van der Waals surface area contributed by atoms with E-state index in [1.165, 1.54) is 23.9 Å². The van der Waals surface area contributed by atoms with Crippen molar-refractivity contribution < 1.29 is 13.5 Å². The predicted molar refractivity (Wildman–Crippen MR) is 45.4 cm³/mol. The van der Waals surface area contributed by atoms with Gasteiger partial charge in [-0.15, -0.1) is 11.8 Å². The molecule has 4 heteroatoms. The Balaban J connectivity index is 2.72. The van der Waals surface area contributed by atoms with E-state index in [2.05, 4.69) is 0 Å². The van der Waals surface area contributed by atoms with E-state index in [1.54, 1.807) is 0 Å². The van der Waals surface area contributed by atoms with Gasteiger partial charge in [0, 0.05) is 6.07 Å². The molecule has 12 heavy (non-hydrogen) atoms. The minimum Gasteiger partial charge on any atom is -0.480 e. The van der Waals surface area contributed by atoms with Crippen molar-refractivity contribution in [2.45, 2.75) is 0 Å². The van der Waals surface area contributed by atoms with Gasteiger partial charge in [0.2, 0.25) is 0 Å². The van der Waals surface area contributed by atoms with E-state index >= 15 is 0 Å². The van der Waals surface area contributed by atoms with Gasteiger partial charge in [-0.1, -0.05) is 0 Å². The Morgan fingerprint density at radius 1 is 1.42 bits per heavy atom. The summed E-state index contributed by atoms with van der Waals surface area (Å²) < 4.78 is 30.1. The molecule has 0 aliphatic rings. The summed E-state index contributed by atoms with van der Waals surface area (Å²) >= 11 is 1.43. The summed E-state index contributed by atoms with van der Waals surface area (Å²) in [4.78, 5) is 0. The van der Waals surface area contributed by atoms with E-state index in [0.717, 1.165) is 6.07 Å². The van der Waals surface area contributed by atoms with Crippen LogP contribution in [0.1, 0.15) is 0 Å². The van der Waals surface area contributed by atoms with E-state index in [1.807, 2.05) is 6.26 Å². The van der Waals surface area contributed by atoms with E-state index in [0.29, 0.717) is 5.94 Å². The number of halogens is 2. The van der Waals surface area contributed by atoms with Crippen molar-refractivity contribution in [2.24, 2.45) is 0 Å². The van der Waals surface area contributed by atoms with Crippen molar-refractivity contribution >= 4 is 11.8 Å². The van der Waals surface area contributed by atoms with Crippen molar-refractivity contribution in [3.8, 4) is 5.75 Å². The van der Waals surface area contributed by atoms with Gasteiger partial charge in [-0.3, -0.25) is 0 Å². The Morgan fingerprint density at radius 2 is 2.17 bits per heavy atom. The third-order valence-electron chi connectivity index (χ3n) is 1.23. The summed E-state index contributed by atoms with van der Waals surface area (Å²) in [5, 5.41) is 0. The molecule has 0 bridgehead atoms. The average Bonchev–Trinajstić information content (AvgIpc) is 2.03. The SMILES string of the molecule is CSCOc1ccc(F)cc1F. The summed E-state index contributed by atoms with van der Waals surface area (Å²) in [7, 11) is 0. The molecule has 0 spiro atoms. The van der Waals surface area contributed by atoms with Crippen LogP contribution in [0.25, 0.3) is 0 Å². The molecule has 0 saturated heterocycles. The molecule has 0 fully saturated rings. The first-order chi connectivity index (χ1) is 5.74. The molecule has 0 amide bonds. The lowest BCUT2D eigenvalue weighted by molar-refractivity contribution is 0.366. The fraction of sp³-hybridized carbons (Fsp3) is 0.250. The fourth-order valence-electron chi connectivity index (χ4n) is 0.715. The van der Waals surface area contributed by atoms with Crippen molar-refractivity contribution in [2.75, 3.05) is 12.2 Å². The molecule has 66 valence electrons. The zero-order chi connectivity index (χ0) is 8.97. The van der Waals surface area contributed by atoms with Gasteiger partial charge in [0.1, 0.15) is 11.8 Å². The minimum absolute atomic E-state index is 0.0887. The Bertz CT molecular complexity index is 265. The quantitative estimate of drug-likeness (QED) is 0.678. The second-order valence-electron chi connectivity index (χ2n) is 2.13. The fourth-order valence-corrected chi connectivity index (χ4v) is 0.959. The van der Waals surface area contributed by atoms with Gasteiger partial charge in [0.05, 0.1) is 0 Å². The highest BCUT2D eigenvalue weighted by atomic mass is 32.2. The number of hydrogen-bond acceptors (Lipinski definition) is 2. The number of ether oxygens (including phenoxy) is 1. The zero-order valence-electron chi connectivity index (χ0n) is 6.51. The molecule has 1 aromatic rings. The molecule has 1 aromatic carbocycles. The zero-order valence-corrected chi connectivity index (χ0v) is 7.33. The number of thioether (sulfide) groups is 1. The van der Waals surface area contributed by atoms with Gasteiger partial charge >= 0.3 is 0 Å². The average molecular weight is 190 g/mol. The Morgan fingerprint density at radius 3 is 2.75 bits per heavy atom. The second-order valence-corrected chi connectivity index (χ2v) is 2.94. The van der Waals surface area contributed by atoms with Crippen molar-refractivity contribution in [1.29, 1.82) is 0 Å². The molecule has 0 aliphatic carbocycles.